The molecule has 2 atom stereocenters. The third-order valence-electron chi connectivity index (χ3n) is 5.92. The molecule has 0 radical (unpaired) electrons. The van der Waals surface area contributed by atoms with Crippen LogP contribution < -0.4 is 0 Å². The third kappa shape index (κ3) is 7.06. The lowest BCUT2D eigenvalue weighted by Gasteiger charge is -2.40. The minimum Gasteiger partial charge on any atom is -0.760 e. The van der Waals surface area contributed by atoms with E-state index in [0.29, 0.717) is 5.56 Å². The zero-order valence-corrected chi connectivity index (χ0v) is 21.9. The molecule has 3 rings (SSSR count). The Bertz CT molecular complexity index is 1240. The Kier molecular flexibility index (Phi) is 9.55. The SMILES string of the molecule is COC(=O)c1ccc(CN(CC(c2ccc(F)c(Cl)c2)N2CCN(S(C)(=O)=O)CC2)S(=O)[O-])c(F)c1. The van der Waals surface area contributed by atoms with E-state index in [0.717, 1.165) is 23.7 Å². The number of ether oxygens (including phenoxy) is 1. The molecule has 1 aliphatic rings. The first-order valence-corrected chi connectivity index (χ1v) is 14.0. The number of halogens is 3. The molecule has 1 aliphatic heterocycles. The zero-order valence-electron chi connectivity index (χ0n) is 19.5. The van der Waals surface area contributed by atoms with Gasteiger partial charge in [0.2, 0.25) is 10.0 Å². The van der Waals surface area contributed by atoms with Gasteiger partial charge in [0, 0.05) is 62.1 Å². The molecule has 0 N–H and O–H groups in total. The molecule has 0 spiro atoms. The van der Waals surface area contributed by atoms with Crippen LogP contribution in [0.25, 0.3) is 0 Å². The van der Waals surface area contributed by atoms with Crippen LogP contribution in [0.5, 0.6) is 0 Å². The van der Waals surface area contributed by atoms with Crippen molar-refractivity contribution < 1.29 is 35.5 Å². The van der Waals surface area contributed by atoms with Gasteiger partial charge in [0.15, 0.2) is 0 Å². The molecule has 1 fully saturated rings. The Hall–Kier alpha value is -2.00. The summed E-state index contributed by atoms with van der Waals surface area (Å²) >= 11 is 3.21. The second-order valence-corrected chi connectivity index (χ2v) is 11.6. The average molecular weight is 565 g/mol. The molecule has 14 heteroatoms. The third-order valence-corrected chi connectivity index (χ3v) is 8.21. The van der Waals surface area contributed by atoms with Crippen LogP contribution in [-0.4, -0.2) is 82.7 Å². The molecule has 0 aliphatic carbocycles. The number of hydrogen-bond donors (Lipinski definition) is 0. The zero-order chi connectivity index (χ0) is 26.6. The predicted molar refractivity (Wildman–Crippen MR) is 129 cm³/mol. The van der Waals surface area contributed by atoms with Crippen LogP contribution in [-0.2, 0) is 32.6 Å². The van der Waals surface area contributed by atoms with Gasteiger partial charge in [0.05, 0.1) is 24.0 Å². The number of nitrogens with zero attached hydrogens (tertiary/aromatic N) is 3. The molecular formula is C22H25ClF2N3O6S2-. The van der Waals surface area contributed by atoms with Gasteiger partial charge in [-0.05, 0) is 29.8 Å². The maximum absolute atomic E-state index is 14.7. The highest BCUT2D eigenvalue weighted by atomic mass is 35.5. The van der Waals surface area contributed by atoms with Crippen LogP contribution in [0.1, 0.15) is 27.5 Å². The summed E-state index contributed by atoms with van der Waals surface area (Å²) < 4.78 is 83.4. The number of hydrogen-bond acceptors (Lipinski definition) is 7. The van der Waals surface area contributed by atoms with Crippen molar-refractivity contribution in [1.82, 2.24) is 13.5 Å². The van der Waals surface area contributed by atoms with E-state index in [1.54, 1.807) is 0 Å². The minimum absolute atomic E-state index is 0.0175. The summed E-state index contributed by atoms with van der Waals surface area (Å²) in [6.07, 6.45) is 1.11. The fraction of sp³-hybridized carbons (Fsp3) is 0.409. The Morgan fingerprint density at radius 2 is 1.83 bits per heavy atom. The minimum atomic E-state index is -3.39. The normalized spacial score (nSPS) is 17.2. The van der Waals surface area contributed by atoms with Crippen LogP contribution in [0.4, 0.5) is 8.78 Å². The molecule has 1 heterocycles. The lowest BCUT2D eigenvalue weighted by Crippen LogP contribution is -2.51. The summed E-state index contributed by atoms with van der Waals surface area (Å²) in [4.78, 5) is 13.5. The van der Waals surface area contributed by atoms with Crippen LogP contribution in [0.3, 0.4) is 0 Å². The maximum Gasteiger partial charge on any atom is 0.337 e. The topological polar surface area (TPSA) is 110 Å². The first-order chi connectivity index (χ1) is 16.9. The van der Waals surface area contributed by atoms with E-state index in [9.17, 15) is 30.8 Å². The molecular weight excluding hydrogens is 540 g/mol. The number of piperazine rings is 1. The van der Waals surface area contributed by atoms with E-state index in [4.69, 9.17) is 11.6 Å². The Balaban J connectivity index is 1.88. The number of esters is 1. The number of benzene rings is 2. The molecule has 9 nitrogen and oxygen atoms in total. The van der Waals surface area contributed by atoms with Gasteiger partial charge >= 0.3 is 5.97 Å². The number of sulfonamides is 1. The molecule has 1 saturated heterocycles. The lowest BCUT2D eigenvalue weighted by atomic mass is 10.0. The lowest BCUT2D eigenvalue weighted by molar-refractivity contribution is 0.0600. The van der Waals surface area contributed by atoms with Crippen LogP contribution in [0.15, 0.2) is 36.4 Å². The largest absolute Gasteiger partial charge is 0.760 e. The van der Waals surface area contributed by atoms with E-state index in [2.05, 4.69) is 4.74 Å². The Morgan fingerprint density at radius 1 is 1.17 bits per heavy atom. The summed E-state index contributed by atoms with van der Waals surface area (Å²) in [5.41, 5.74) is 0.534. The highest BCUT2D eigenvalue weighted by Gasteiger charge is 2.30. The van der Waals surface area contributed by atoms with E-state index < -0.39 is 44.9 Å². The quantitative estimate of drug-likeness (QED) is 0.339. The van der Waals surface area contributed by atoms with Gasteiger partial charge in [-0.3, -0.25) is 9.11 Å². The smallest absolute Gasteiger partial charge is 0.337 e. The summed E-state index contributed by atoms with van der Waals surface area (Å²) in [6, 6.07) is 7.01. The highest BCUT2D eigenvalue weighted by Crippen LogP contribution is 2.29. The fourth-order valence-corrected chi connectivity index (χ4v) is 5.50. The molecule has 0 saturated carbocycles. The molecule has 0 aromatic heterocycles. The molecule has 2 aromatic carbocycles. The second-order valence-electron chi connectivity index (χ2n) is 8.22. The molecule has 0 bridgehead atoms. The number of carbonyl (C=O) groups is 1. The summed E-state index contributed by atoms with van der Waals surface area (Å²) in [7, 11) is -2.23. The van der Waals surface area contributed by atoms with Gasteiger partial charge in [-0.1, -0.05) is 23.7 Å². The predicted octanol–water partition coefficient (Wildman–Crippen LogP) is 2.32. The van der Waals surface area contributed by atoms with Gasteiger partial charge in [-0.25, -0.2) is 26.3 Å². The number of rotatable bonds is 9. The van der Waals surface area contributed by atoms with Crippen molar-refractivity contribution in [3.8, 4) is 0 Å². The molecule has 2 aromatic rings. The van der Waals surface area contributed by atoms with Gasteiger partial charge in [0.25, 0.3) is 0 Å². The van der Waals surface area contributed by atoms with Crippen LogP contribution in [0, 0.1) is 11.6 Å². The number of methoxy groups -OCH3 is 1. The highest BCUT2D eigenvalue weighted by molar-refractivity contribution is 7.88. The van der Waals surface area contributed by atoms with Gasteiger partial charge in [-0.15, -0.1) is 0 Å². The first-order valence-electron chi connectivity index (χ1n) is 10.8. The van der Waals surface area contributed by atoms with E-state index in [-0.39, 0.29) is 55.4 Å². The van der Waals surface area contributed by atoms with Crippen molar-refractivity contribution >= 4 is 38.9 Å². The van der Waals surface area contributed by atoms with Crippen molar-refractivity contribution in [1.29, 1.82) is 0 Å². The summed E-state index contributed by atoms with van der Waals surface area (Å²) in [5.74, 6) is -2.15. The Labute approximate surface area is 216 Å². The molecule has 198 valence electrons. The monoisotopic (exact) mass is 564 g/mol. The summed E-state index contributed by atoms with van der Waals surface area (Å²) in [6.45, 7) is 0.471. The van der Waals surface area contributed by atoms with Gasteiger partial charge in [0.1, 0.15) is 11.6 Å². The fourth-order valence-electron chi connectivity index (χ4n) is 3.98. The molecule has 2 unspecified atom stereocenters. The van der Waals surface area contributed by atoms with Crippen molar-refractivity contribution in [2.45, 2.75) is 12.6 Å². The van der Waals surface area contributed by atoms with Crippen LogP contribution in [0.2, 0.25) is 5.02 Å². The molecule has 0 amide bonds. The van der Waals surface area contributed by atoms with E-state index in [1.165, 1.54) is 34.6 Å². The Morgan fingerprint density at radius 3 is 2.36 bits per heavy atom. The maximum atomic E-state index is 14.7. The second kappa shape index (κ2) is 12.0. The van der Waals surface area contributed by atoms with Gasteiger partial charge < -0.3 is 9.29 Å². The van der Waals surface area contributed by atoms with Crippen LogP contribution >= 0.6 is 11.6 Å². The van der Waals surface area contributed by atoms with E-state index in [1.807, 2.05) is 4.90 Å². The van der Waals surface area contributed by atoms with Crippen molar-refractivity contribution in [2.75, 3.05) is 46.1 Å². The van der Waals surface area contributed by atoms with Crippen molar-refractivity contribution in [3.63, 3.8) is 0 Å². The molecule has 36 heavy (non-hydrogen) atoms. The standard InChI is InChI=1S/C22H26ClF2N3O6S2/c1-34-22(29)16-3-4-17(20(25)12-16)13-27(35(30)31)14-21(15-5-6-19(24)18(23)11-15)26-7-9-28(10-8-26)36(2,32)33/h3-6,11-12,21H,7-10,13-14H2,1-2H3,(H,30,31)/p-1. The number of carbonyl (C=O) groups excluding carboxylic acids is 1. The average Bonchev–Trinajstić information content (AvgIpc) is 2.83. The summed E-state index contributed by atoms with van der Waals surface area (Å²) in [5, 5.41) is -0.147. The van der Waals surface area contributed by atoms with Crippen molar-refractivity contribution in [3.05, 3.63) is 69.7 Å². The van der Waals surface area contributed by atoms with Gasteiger partial charge in [-0.2, -0.15) is 4.31 Å². The van der Waals surface area contributed by atoms with E-state index >= 15 is 0 Å². The van der Waals surface area contributed by atoms with Crippen molar-refractivity contribution in [2.24, 2.45) is 0 Å². The first kappa shape index (κ1) is 28.6.